The van der Waals surface area contributed by atoms with Gasteiger partial charge in [0.25, 0.3) is 0 Å². The van der Waals surface area contributed by atoms with Gasteiger partial charge in [0.1, 0.15) is 11.4 Å². The Hall–Kier alpha value is -3.28. The van der Waals surface area contributed by atoms with Gasteiger partial charge in [-0.25, -0.2) is 0 Å². The highest BCUT2D eigenvalue weighted by atomic mass is 16.4. The molecular weight excluding hydrogens is 320 g/mol. The van der Waals surface area contributed by atoms with Crippen LogP contribution in [0.15, 0.2) is 58.8 Å². The molecule has 0 unspecified atom stereocenters. The molecule has 0 atom stereocenters. The normalized spacial score (nSPS) is 12.1. The first-order valence-corrected chi connectivity index (χ1v) is 7.61. The first-order valence-electron chi connectivity index (χ1n) is 7.61. The van der Waals surface area contributed by atoms with Crippen LogP contribution in [0.2, 0.25) is 0 Å². The Kier molecular flexibility index (Phi) is 5.79. The molecule has 0 bridgehead atoms. The first kappa shape index (κ1) is 18.1. The fraction of sp³-hybridized carbons (Fsp3) is 0.158. The number of hydrogen-bond acceptors (Lipinski definition) is 6. The van der Waals surface area contributed by atoms with Gasteiger partial charge in [-0.2, -0.15) is 0 Å². The lowest BCUT2D eigenvalue weighted by atomic mass is 9.99. The minimum Gasteiger partial charge on any atom is -0.411 e. The second-order valence-corrected chi connectivity index (χ2v) is 5.60. The minimum absolute atomic E-state index is 0.0368. The Bertz CT molecular complexity index is 763. The SMILES string of the molecule is CC(=NO)C(=O)c1ccc(Cc2ccc(C(=O)C(C)=NO)cc2)cc1. The molecule has 25 heavy (non-hydrogen) atoms. The van der Waals surface area contributed by atoms with Gasteiger partial charge in [0, 0.05) is 11.1 Å². The summed E-state index contributed by atoms with van der Waals surface area (Å²) in [6.45, 7) is 2.89. The Balaban J connectivity index is 2.10. The van der Waals surface area contributed by atoms with Crippen molar-refractivity contribution in [3.05, 3.63) is 70.8 Å². The largest absolute Gasteiger partial charge is 0.411 e. The summed E-state index contributed by atoms with van der Waals surface area (Å²) in [7, 11) is 0. The monoisotopic (exact) mass is 338 g/mol. The molecule has 0 aliphatic heterocycles. The van der Waals surface area contributed by atoms with Gasteiger partial charge in [-0.1, -0.05) is 58.8 Å². The van der Waals surface area contributed by atoms with Gasteiger partial charge in [0.15, 0.2) is 0 Å². The molecule has 0 fully saturated rings. The second kappa shape index (κ2) is 8.01. The number of hydrogen-bond donors (Lipinski definition) is 2. The Labute approximate surface area is 145 Å². The van der Waals surface area contributed by atoms with E-state index in [4.69, 9.17) is 10.4 Å². The van der Waals surface area contributed by atoms with Gasteiger partial charge < -0.3 is 10.4 Å². The molecule has 0 aromatic heterocycles. The summed E-state index contributed by atoms with van der Waals surface area (Å²) in [5.41, 5.74) is 2.99. The third kappa shape index (κ3) is 4.38. The number of oxime groups is 2. The zero-order valence-electron chi connectivity index (χ0n) is 13.9. The molecule has 0 aliphatic rings. The van der Waals surface area contributed by atoms with E-state index in [1.54, 1.807) is 24.3 Å². The highest BCUT2D eigenvalue weighted by Gasteiger charge is 2.11. The molecular formula is C19H18N2O4. The fourth-order valence-electron chi connectivity index (χ4n) is 2.29. The van der Waals surface area contributed by atoms with Gasteiger partial charge >= 0.3 is 0 Å². The smallest absolute Gasteiger partial charge is 0.210 e. The summed E-state index contributed by atoms with van der Waals surface area (Å²) >= 11 is 0. The summed E-state index contributed by atoms with van der Waals surface area (Å²) < 4.78 is 0. The molecule has 0 spiro atoms. The average molecular weight is 338 g/mol. The lowest BCUT2D eigenvalue weighted by molar-refractivity contribution is 0.105. The molecule has 0 heterocycles. The predicted molar refractivity (Wildman–Crippen MR) is 94.1 cm³/mol. The van der Waals surface area contributed by atoms with Gasteiger partial charge in [-0.05, 0) is 31.4 Å². The maximum atomic E-state index is 11.9. The number of nitrogens with zero attached hydrogens (tertiary/aromatic N) is 2. The minimum atomic E-state index is -0.321. The molecule has 6 nitrogen and oxygen atoms in total. The molecule has 2 aromatic rings. The van der Waals surface area contributed by atoms with Gasteiger partial charge in [0.05, 0.1) is 0 Å². The summed E-state index contributed by atoms with van der Waals surface area (Å²) in [6, 6.07) is 14.1. The van der Waals surface area contributed by atoms with Crippen molar-refractivity contribution in [2.24, 2.45) is 10.3 Å². The van der Waals surface area contributed by atoms with E-state index in [-0.39, 0.29) is 23.0 Å². The van der Waals surface area contributed by atoms with Crippen molar-refractivity contribution >= 4 is 23.0 Å². The zero-order chi connectivity index (χ0) is 18.4. The van der Waals surface area contributed by atoms with Crippen LogP contribution < -0.4 is 0 Å². The van der Waals surface area contributed by atoms with E-state index in [0.717, 1.165) is 11.1 Å². The lowest BCUT2D eigenvalue weighted by Crippen LogP contribution is -2.10. The Morgan fingerprint density at radius 2 is 1.04 bits per heavy atom. The standard InChI is InChI=1S/C19H18N2O4/c1-12(20-24)18(22)16-7-3-14(4-8-16)11-15-5-9-17(10-6-15)19(23)13(2)21-25/h3-10,24-25H,11H2,1-2H3. The molecule has 2 rings (SSSR count). The van der Waals surface area contributed by atoms with Crippen molar-refractivity contribution in [2.45, 2.75) is 20.3 Å². The zero-order valence-corrected chi connectivity index (χ0v) is 13.9. The van der Waals surface area contributed by atoms with Crippen molar-refractivity contribution in [1.29, 1.82) is 0 Å². The van der Waals surface area contributed by atoms with Crippen LogP contribution in [0.1, 0.15) is 45.7 Å². The van der Waals surface area contributed by atoms with Gasteiger partial charge in [-0.3, -0.25) is 9.59 Å². The predicted octanol–water partition coefficient (Wildman–Crippen LogP) is 3.34. The van der Waals surface area contributed by atoms with Crippen LogP contribution in [0.5, 0.6) is 0 Å². The van der Waals surface area contributed by atoms with Gasteiger partial charge in [0.2, 0.25) is 11.6 Å². The topological polar surface area (TPSA) is 99.3 Å². The van der Waals surface area contributed by atoms with E-state index in [2.05, 4.69) is 10.3 Å². The number of carbonyl (C=O) groups excluding carboxylic acids is 2. The molecule has 2 aromatic carbocycles. The number of Topliss-reactive ketones (excluding diaryl/α,β-unsaturated/α-hetero) is 2. The highest BCUT2D eigenvalue weighted by molar-refractivity contribution is 6.45. The van der Waals surface area contributed by atoms with Crippen molar-refractivity contribution < 1.29 is 20.0 Å². The molecule has 0 aliphatic carbocycles. The van der Waals surface area contributed by atoms with E-state index < -0.39 is 0 Å². The van der Waals surface area contributed by atoms with E-state index in [9.17, 15) is 9.59 Å². The Morgan fingerprint density at radius 1 is 0.720 bits per heavy atom. The van der Waals surface area contributed by atoms with Crippen LogP contribution in [-0.2, 0) is 6.42 Å². The number of rotatable bonds is 6. The lowest BCUT2D eigenvalue weighted by Gasteiger charge is -2.05. The maximum Gasteiger partial charge on any atom is 0.210 e. The van der Waals surface area contributed by atoms with Crippen molar-refractivity contribution in [3.63, 3.8) is 0 Å². The van der Waals surface area contributed by atoms with Crippen molar-refractivity contribution in [3.8, 4) is 0 Å². The van der Waals surface area contributed by atoms with E-state index in [0.29, 0.717) is 17.5 Å². The number of carbonyl (C=O) groups is 2. The summed E-state index contributed by atoms with van der Waals surface area (Å²) in [5, 5.41) is 23.1. The first-order chi connectivity index (χ1) is 12.0. The van der Waals surface area contributed by atoms with Crippen LogP contribution in [0.25, 0.3) is 0 Å². The second-order valence-electron chi connectivity index (χ2n) is 5.60. The fourth-order valence-corrected chi connectivity index (χ4v) is 2.29. The highest BCUT2D eigenvalue weighted by Crippen LogP contribution is 2.13. The summed E-state index contributed by atoms with van der Waals surface area (Å²) in [5.74, 6) is -0.643. The van der Waals surface area contributed by atoms with E-state index in [1.807, 2.05) is 24.3 Å². The van der Waals surface area contributed by atoms with Crippen LogP contribution >= 0.6 is 0 Å². The maximum absolute atomic E-state index is 11.9. The van der Waals surface area contributed by atoms with Crippen molar-refractivity contribution in [2.75, 3.05) is 0 Å². The molecule has 128 valence electrons. The molecule has 0 saturated carbocycles. The van der Waals surface area contributed by atoms with Crippen LogP contribution in [0, 0.1) is 0 Å². The third-order valence-corrected chi connectivity index (χ3v) is 3.80. The number of ketones is 2. The van der Waals surface area contributed by atoms with Gasteiger partial charge in [-0.15, -0.1) is 0 Å². The van der Waals surface area contributed by atoms with Crippen LogP contribution in [0.4, 0.5) is 0 Å². The molecule has 6 heteroatoms. The quantitative estimate of drug-likeness (QED) is 0.365. The number of benzene rings is 2. The summed E-state index contributed by atoms with van der Waals surface area (Å²) in [4.78, 5) is 23.8. The third-order valence-electron chi connectivity index (χ3n) is 3.80. The van der Waals surface area contributed by atoms with E-state index >= 15 is 0 Å². The van der Waals surface area contributed by atoms with Crippen LogP contribution in [-0.4, -0.2) is 33.4 Å². The molecule has 0 amide bonds. The van der Waals surface area contributed by atoms with Crippen molar-refractivity contribution in [1.82, 2.24) is 0 Å². The molecule has 2 N–H and O–H groups in total. The van der Waals surface area contributed by atoms with E-state index in [1.165, 1.54) is 13.8 Å². The van der Waals surface area contributed by atoms with Crippen LogP contribution in [0.3, 0.4) is 0 Å². The Morgan fingerprint density at radius 3 is 1.32 bits per heavy atom. The summed E-state index contributed by atoms with van der Waals surface area (Å²) in [6.07, 6.45) is 0.642. The average Bonchev–Trinajstić information content (AvgIpc) is 2.66. The molecule has 0 saturated heterocycles. The molecule has 0 radical (unpaired) electrons.